The molecule has 10 heteroatoms. The van der Waals surface area contributed by atoms with Gasteiger partial charge in [-0.25, -0.2) is 9.37 Å². The summed E-state index contributed by atoms with van der Waals surface area (Å²) in [6.45, 7) is 14.7. The van der Waals surface area contributed by atoms with E-state index in [9.17, 15) is 9.18 Å². The third-order valence-electron chi connectivity index (χ3n) is 6.27. The van der Waals surface area contributed by atoms with Crippen molar-refractivity contribution in [3.05, 3.63) is 17.7 Å². The van der Waals surface area contributed by atoms with E-state index < -0.39 is 50.7 Å². The summed E-state index contributed by atoms with van der Waals surface area (Å²) in [5, 5.41) is 0.0266. The van der Waals surface area contributed by atoms with Gasteiger partial charge < -0.3 is 28.9 Å². The van der Waals surface area contributed by atoms with Gasteiger partial charge in [0.15, 0.2) is 26.0 Å². The Kier molecular flexibility index (Phi) is 6.14. The molecule has 0 aromatic carbocycles. The van der Waals surface area contributed by atoms with Crippen molar-refractivity contribution in [1.82, 2.24) is 9.55 Å². The fraction of sp³-hybridized carbons (Fsp3) is 0.714. The first-order valence-corrected chi connectivity index (χ1v) is 13.2. The first kappa shape index (κ1) is 23.9. The maximum atomic E-state index is 14.6. The average molecular weight is 454 g/mol. The molecule has 1 amide bonds. The zero-order chi connectivity index (χ0) is 23.4. The zero-order valence-electron chi connectivity index (χ0n) is 19.1. The SMILES string of the molecule is C#CC(F)c1c(C(N)=O)ncn1[C@@H]1O[C@H](CO[Si](C)(C)C(C)(C)C)[C@H]2OC(C)(C)O[C@H]21. The molecule has 0 aliphatic carbocycles. The molecule has 2 saturated heterocycles. The first-order valence-electron chi connectivity index (χ1n) is 10.3. The molecule has 31 heavy (non-hydrogen) atoms. The summed E-state index contributed by atoms with van der Waals surface area (Å²) < 4.78 is 40.8. The van der Waals surface area contributed by atoms with E-state index in [1.165, 1.54) is 10.9 Å². The van der Waals surface area contributed by atoms with Crippen LogP contribution in [0.4, 0.5) is 4.39 Å². The van der Waals surface area contributed by atoms with Gasteiger partial charge in [-0.15, -0.1) is 6.42 Å². The molecule has 172 valence electrons. The summed E-state index contributed by atoms with van der Waals surface area (Å²) in [6, 6.07) is 0. The lowest BCUT2D eigenvalue weighted by Gasteiger charge is -2.37. The lowest BCUT2D eigenvalue weighted by molar-refractivity contribution is -0.200. The van der Waals surface area contributed by atoms with E-state index >= 15 is 0 Å². The van der Waals surface area contributed by atoms with E-state index in [2.05, 4.69) is 38.8 Å². The van der Waals surface area contributed by atoms with E-state index in [0.717, 1.165) is 0 Å². The monoisotopic (exact) mass is 453 g/mol. The van der Waals surface area contributed by atoms with Crippen LogP contribution in [0.1, 0.15) is 63.2 Å². The van der Waals surface area contributed by atoms with Crippen molar-refractivity contribution in [3.63, 3.8) is 0 Å². The highest BCUT2D eigenvalue weighted by molar-refractivity contribution is 6.74. The molecule has 0 radical (unpaired) electrons. The van der Waals surface area contributed by atoms with Crippen molar-refractivity contribution in [2.45, 2.75) is 89.2 Å². The van der Waals surface area contributed by atoms with Crippen LogP contribution in [0, 0.1) is 12.3 Å². The largest absolute Gasteiger partial charge is 0.414 e. The number of alkyl halides is 1. The lowest BCUT2D eigenvalue weighted by Crippen LogP contribution is -2.44. The van der Waals surface area contributed by atoms with E-state index in [1.807, 2.05) is 5.92 Å². The number of carbonyl (C=O) groups is 1. The van der Waals surface area contributed by atoms with Crippen LogP contribution in [-0.2, 0) is 18.6 Å². The molecule has 2 N–H and O–H groups in total. The molecule has 1 aromatic rings. The molecular weight excluding hydrogens is 421 g/mol. The quantitative estimate of drug-likeness (QED) is 0.525. The second-order valence-electron chi connectivity index (χ2n) is 9.98. The maximum Gasteiger partial charge on any atom is 0.269 e. The molecule has 0 spiro atoms. The van der Waals surface area contributed by atoms with Gasteiger partial charge in [0, 0.05) is 0 Å². The number of aromatic nitrogens is 2. The molecule has 3 heterocycles. The molecular formula is C21H32FN3O5Si. The lowest BCUT2D eigenvalue weighted by atomic mass is 10.1. The Hall–Kier alpha value is -1.77. The maximum absolute atomic E-state index is 14.6. The summed E-state index contributed by atoms with van der Waals surface area (Å²) in [4.78, 5) is 15.7. The topological polar surface area (TPSA) is 97.8 Å². The molecule has 8 nitrogen and oxygen atoms in total. The number of rotatable bonds is 6. The molecule has 0 bridgehead atoms. The van der Waals surface area contributed by atoms with Gasteiger partial charge in [0.2, 0.25) is 6.17 Å². The molecule has 1 aromatic heterocycles. The Morgan fingerprint density at radius 3 is 2.58 bits per heavy atom. The molecule has 2 fully saturated rings. The van der Waals surface area contributed by atoms with Crippen molar-refractivity contribution in [3.8, 4) is 12.3 Å². The van der Waals surface area contributed by atoms with Crippen molar-refractivity contribution in [2.24, 2.45) is 5.73 Å². The number of halogens is 1. The van der Waals surface area contributed by atoms with Crippen LogP contribution in [0.3, 0.4) is 0 Å². The molecule has 5 atom stereocenters. The van der Waals surface area contributed by atoms with Crippen molar-refractivity contribution in [1.29, 1.82) is 0 Å². The Morgan fingerprint density at radius 2 is 2.03 bits per heavy atom. The molecule has 0 saturated carbocycles. The summed E-state index contributed by atoms with van der Waals surface area (Å²) in [5.74, 6) is 0.261. The number of fused-ring (bicyclic) bond motifs is 1. The average Bonchev–Trinajstić information content (AvgIpc) is 3.29. The Morgan fingerprint density at radius 1 is 1.42 bits per heavy atom. The van der Waals surface area contributed by atoms with Gasteiger partial charge in [-0.2, -0.15) is 0 Å². The number of carbonyl (C=O) groups excluding carboxylic acids is 1. The number of primary amides is 1. The number of hydrogen-bond acceptors (Lipinski definition) is 6. The Labute approximate surface area is 183 Å². The van der Waals surface area contributed by atoms with E-state index in [4.69, 9.17) is 30.8 Å². The van der Waals surface area contributed by atoms with Crippen LogP contribution < -0.4 is 5.73 Å². The number of nitrogens with two attached hydrogens (primary N) is 1. The van der Waals surface area contributed by atoms with Gasteiger partial charge in [0.1, 0.15) is 18.3 Å². The van der Waals surface area contributed by atoms with Gasteiger partial charge in [0.25, 0.3) is 5.91 Å². The third-order valence-corrected chi connectivity index (χ3v) is 10.8. The highest BCUT2D eigenvalue weighted by Gasteiger charge is 2.57. The van der Waals surface area contributed by atoms with Crippen molar-refractivity contribution >= 4 is 14.2 Å². The van der Waals surface area contributed by atoms with E-state index in [-0.39, 0.29) is 16.4 Å². The Balaban J connectivity index is 1.93. The highest BCUT2D eigenvalue weighted by atomic mass is 28.4. The van der Waals surface area contributed by atoms with Crippen LogP contribution >= 0.6 is 0 Å². The number of hydrogen-bond donors (Lipinski definition) is 1. The third kappa shape index (κ3) is 4.43. The summed E-state index contributed by atoms with van der Waals surface area (Å²) in [7, 11) is -2.04. The van der Waals surface area contributed by atoms with Crippen molar-refractivity contribution < 1.29 is 27.8 Å². The molecule has 2 aliphatic heterocycles. The highest BCUT2D eigenvalue weighted by Crippen LogP contribution is 2.45. The number of imidazole rings is 1. The normalized spacial score (nSPS) is 28.9. The fourth-order valence-corrected chi connectivity index (χ4v) is 4.63. The van der Waals surface area contributed by atoms with Crippen LogP contribution in [-0.4, -0.2) is 54.5 Å². The fourth-order valence-electron chi connectivity index (χ4n) is 3.62. The Bertz CT molecular complexity index is 889. The zero-order valence-corrected chi connectivity index (χ0v) is 20.1. The first-order chi connectivity index (χ1) is 14.2. The van der Waals surface area contributed by atoms with Gasteiger partial charge in [-0.3, -0.25) is 4.79 Å². The minimum Gasteiger partial charge on any atom is -0.414 e. The summed E-state index contributed by atoms with van der Waals surface area (Å²) in [6.07, 6.45) is 2.43. The van der Waals surface area contributed by atoms with E-state index in [1.54, 1.807) is 13.8 Å². The van der Waals surface area contributed by atoms with Gasteiger partial charge in [-0.05, 0) is 32.0 Å². The number of ether oxygens (including phenoxy) is 3. The minimum atomic E-state index is -2.04. The van der Waals surface area contributed by atoms with Crippen LogP contribution in [0.2, 0.25) is 18.1 Å². The summed E-state index contributed by atoms with van der Waals surface area (Å²) >= 11 is 0. The van der Waals surface area contributed by atoms with Crippen LogP contribution in [0.5, 0.6) is 0 Å². The number of terminal acetylenes is 1. The second kappa shape index (κ2) is 7.97. The minimum absolute atomic E-state index is 0.0266. The summed E-state index contributed by atoms with van der Waals surface area (Å²) in [5.41, 5.74) is 5.01. The number of amides is 1. The van der Waals surface area contributed by atoms with Gasteiger partial charge >= 0.3 is 0 Å². The molecule has 3 rings (SSSR count). The van der Waals surface area contributed by atoms with Gasteiger partial charge in [-0.1, -0.05) is 26.7 Å². The number of nitrogens with zero attached hydrogens (tertiary/aromatic N) is 2. The second-order valence-corrected chi connectivity index (χ2v) is 14.8. The smallest absolute Gasteiger partial charge is 0.269 e. The standard InChI is InChI=1S/C21H32FN3O5Si/c1-9-12(22)15-14(18(23)26)24-11-25(15)19-17-16(29-21(5,6)30-17)13(28-19)10-27-31(7,8)20(2,3)4/h1,11-13,16-17,19H,10H2,2-8H3,(H2,23,26)/t12?,13-,16-,17-,19-/m1/s1. The van der Waals surface area contributed by atoms with Crippen molar-refractivity contribution in [2.75, 3.05) is 6.61 Å². The van der Waals surface area contributed by atoms with E-state index in [0.29, 0.717) is 6.61 Å². The predicted octanol–water partition coefficient (Wildman–Crippen LogP) is 3.07. The van der Waals surface area contributed by atoms with Crippen LogP contribution in [0.15, 0.2) is 6.33 Å². The predicted molar refractivity (Wildman–Crippen MR) is 114 cm³/mol. The van der Waals surface area contributed by atoms with Crippen LogP contribution in [0.25, 0.3) is 0 Å². The molecule has 1 unspecified atom stereocenters. The van der Waals surface area contributed by atoms with Gasteiger partial charge in [0.05, 0.1) is 18.6 Å². The molecule has 2 aliphatic rings.